The number of methoxy groups -OCH3 is 2. The fourth-order valence-electron chi connectivity index (χ4n) is 3.77. The van der Waals surface area contributed by atoms with E-state index in [1.54, 1.807) is 12.1 Å². The summed E-state index contributed by atoms with van der Waals surface area (Å²) in [6.45, 7) is 5.53. The molecule has 1 aromatic rings. The van der Waals surface area contributed by atoms with Crippen molar-refractivity contribution >= 4 is 17.7 Å². The van der Waals surface area contributed by atoms with Gasteiger partial charge in [0.2, 0.25) is 0 Å². The van der Waals surface area contributed by atoms with E-state index in [2.05, 4.69) is 13.8 Å². The summed E-state index contributed by atoms with van der Waals surface area (Å²) in [5, 5.41) is 10.8. The van der Waals surface area contributed by atoms with Gasteiger partial charge in [0, 0.05) is 12.3 Å². The Balaban J connectivity index is 2.61. The minimum atomic E-state index is -1.61. The molecule has 0 radical (unpaired) electrons. The molecule has 0 heterocycles. The molecule has 1 aliphatic rings. The SMILES string of the molecule is COC(=O)[C@@H]1C(=O)C[C@](C)(O)[C@H](C(=O)OC)[C@H]1c1ccc(C(C)C)cc1. The van der Waals surface area contributed by atoms with Gasteiger partial charge < -0.3 is 14.6 Å². The fourth-order valence-corrected chi connectivity index (χ4v) is 3.77. The molecule has 6 nitrogen and oxygen atoms in total. The predicted molar refractivity (Wildman–Crippen MR) is 94.5 cm³/mol. The van der Waals surface area contributed by atoms with Gasteiger partial charge in [0.25, 0.3) is 0 Å². The highest BCUT2D eigenvalue weighted by atomic mass is 16.5. The molecule has 6 heteroatoms. The Morgan fingerprint density at radius 3 is 2.12 bits per heavy atom. The van der Waals surface area contributed by atoms with Crippen molar-refractivity contribution < 1.29 is 29.0 Å². The standard InChI is InChI=1S/C20H26O6/c1-11(2)12-6-8-13(9-7-12)15-16(18(22)25-4)14(21)10-20(3,24)17(15)19(23)26-5/h6-9,11,15-17,24H,10H2,1-5H3/t15-,16+,17-,20-/m0/s1. The normalized spacial score (nSPS) is 28.7. The van der Waals surface area contributed by atoms with Crippen LogP contribution < -0.4 is 0 Å². The summed E-state index contributed by atoms with van der Waals surface area (Å²) in [4.78, 5) is 37.4. The zero-order valence-corrected chi connectivity index (χ0v) is 15.8. The molecular formula is C20H26O6. The van der Waals surface area contributed by atoms with Gasteiger partial charge in [-0.3, -0.25) is 14.4 Å². The zero-order chi connectivity index (χ0) is 19.6. The highest BCUT2D eigenvalue weighted by Gasteiger charge is 2.56. The number of hydrogen-bond donors (Lipinski definition) is 1. The van der Waals surface area contributed by atoms with Crippen LogP contribution in [0.3, 0.4) is 0 Å². The first kappa shape index (κ1) is 20.1. The van der Waals surface area contributed by atoms with Crippen molar-refractivity contribution in [3.63, 3.8) is 0 Å². The maximum atomic E-state index is 12.6. The number of carbonyl (C=O) groups excluding carboxylic acids is 3. The first-order chi connectivity index (χ1) is 12.1. The summed E-state index contributed by atoms with van der Waals surface area (Å²) in [5.41, 5.74) is 0.0937. The molecule has 2 rings (SSSR count). The molecule has 0 saturated heterocycles. The Kier molecular flexibility index (Phi) is 5.86. The molecule has 0 unspecified atom stereocenters. The predicted octanol–water partition coefficient (Wildman–Crippen LogP) is 2.20. The van der Waals surface area contributed by atoms with E-state index < -0.39 is 41.1 Å². The van der Waals surface area contributed by atoms with Gasteiger partial charge in [0.15, 0.2) is 5.78 Å². The smallest absolute Gasteiger partial charge is 0.316 e. The van der Waals surface area contributed by atoms with Crippen molar-refractivity contribution in [1.82, 2.24) is 0 Å². The third kappa shape index (κ3) is 3.65. The average molecular weight is 362 g/mol. The van der Waals surface area contributed by atoms with Crippen LogP contribution in [0.1, 0.15) is 50.2 Å². The van der Waals surface area contributed by atoms with E-state index in [0.29, 0.717) is 11.5 Å². The van der Waals surface area contributed by atoms with Gasteiger partial charge in [0.1, 0.15) is 5.92 Å². The van der Waals surface area contributed by atoms with Crippen LogP contribution in [0.4, 0.5) is 0 Å². The van der Waals surface area contributed by atoms with Crippen LogP contribution in [0.5, 0.6) is 0 Å². The largest absolute Gasteiger partial charge is 0.469 e. The van der Waals surface area contributed by atoms with Crippen molar-refractivity contribution in [2.45, 2.75) is 44.6 Å². The van der Waals surface area contributed by atoms with E-state index >= 15 is 0 Å². The summed E-state index contributed by atoms with van der Waals surface area (Å²) >= 11 is 0. The first-order valence-electron chi connectivity index (χ1n) is 8.64. The van der Waals surface area contributed by atoms with Crippen LogP contribution in [0.15, 0.2) is 24.3 Å². The molecule has 142 valence electrons. The Morgan fingerprint density at radius 2 is 1.65 bits per heavy atom. The van der Waals surface area contributed by atoms with Gasteiger partial charge in [-0.2, -0.15) is 0 Å². The third-order valence-corrected chi connectivity index (χ3v) is 5.17. The molecule has 0 spiro atoms. The van der Waals surface area contributed by atoms with Gasteiger partial charge >= 0.3 is 11.9 Å². The molecule has 26 heavy (non-hydrogen) atoms. The van der Waals surface area contributed by atoms with Crippen LogP contribution in [0, 0.1) is 11.8 Å². The van der Waals surface area contributed by atoms with Crippen LogP contribution in [-0.2, 0) is 23.9 Å². The highest BCUT2D eigenvalue weighted by molar-refractivity contribution is 6.02. The molecule has 0 aromatic heterocycles. The van der Waals surface area contributed by atoms with Gasteiger partial charge in [-0.15, -0.1) is 0 Å². The molecule has 0 aliphatic heterocycles. The lowest BCUT2D eigenvalue weighted by atomic mass is 9.61. The maximum absolute atomic E-state index is 12.6. The molecule has 4 atom stereocenters. The van der Waals surface area contributed by atoms with Crippen molar-refractivity contribution in [3.05, 3.63) is 35.4 Å². The summed E-state index contributed by atoms with van der Waals surface area (Å²) < 4.78 is 9.68. The second-order valence-corrected chi connectivity index (χ2v) is 7.35. The lowest BCUT2D eigenvalue weighted by Crippen LogP contribution is -2.55. The van der Waals surface area contributed by atoms with Crippen molar-refractivity contribution in [2.24, 2.45) is 11.8 Å². The van der Waals surface area contributed by atoms with Crippen molar-refractivity contribution in [3.8, 4) is 0 Å². The number of esters is 2. The molecule has 1 aliphatic carbocycles. The number of benzene rings is 1. The Labute approximate surface area is 153 Å². The lowest BCUT2D eigenvalue weighted by Gasteiger charge is -2.43. The molecule has 1 N–H and O–H groups in total. The van der Waals surface area contributed by atoms with E-state index in [1.165, 1.54) is 21.1 Å². The van der Waals surface area contributed by atoms with Crippen LogP contribution in [0.25, 0.3) is 0 Å². The van der Waals surface area contributed by atoms with E-state index in [4.69, 9.17) is 9.47 Å². The van der Waals surface area contributed by atoms with E-state index in [0.717, 1.165) is 5.56 Å². The summed E-state index contributed by atoms with van der Waals surface area (Å²) in [7, 11) is 2.43. The van der Waals surface area contributed by atoms with E-state index in [9.17, 15) is 19.5 Å². The fraction of sp³-hybridized carbons (Fsp3) is 0.550. The van der Waals surface area contributed by atoms with Gasteiger partial charge in [-0.25, -0.2) is 0 Å². The number of aliphatic hydroxyl groups is 1. The quantitative estimate of drug-likeness (QED) is 0.652. The van der Waals surface area contributed by atoms with E-state index in [1.807, 2.05) is 12.1 Å². The molecule has 0 bridgehead atoms. The molecule has 1 fully saturated rings. The third-order valence-electron chi connectivity index (χ3n) is 5.17. The topological polar surface area (TPSA) is 89.9 Å². The number of hydrogen-bond acceptors (Lipinski definition) is 6. The molecule has 1 aromatic carbocycles. The van der Waals surface area contributed by atoms with Crippen molar-refractivity contribution in [2.75, 3.05) is 14.2 Å². The molecule has 0 amide bonds. The number of ketones is 1. The van der Waals surface area contributed by atoms with Crippen LogP contribution in [-0.4, -0.2) is 42.6 Å². The summed E-state index contributed by atoms with van der Waals surface area (Å²) in [6, 6.07) is 7.38. The van der Waals surface area contributed by atoms with Crippen LogP contribution in [0.2, 0.25) is 0 Å². The first-order valence-corrected chi connectivity index (χ1v) is 8.64. The minimum absolute atomic E-state index is 0.312. The van der Waals surface area contributed by atoms with Gasteiger partial charge in [0.05, 0.1) is 25.7 Å². The average Bonchev–Trinajstić information content (AvgIpc) is 2.59. The summed E-state index contributed by atoms with van der Waals surface area (Å²) in [6.07, 6.45) is -0.312. The van der Waals surface area contributed by atoms with Gasteiger partial charge in [-0.05, 0) is 24.0 Å². The number of ether oxygens (including phenoxy) is 2. The summed E-state index contributed by atoms with van der Waals surface area (Å²) in [5.74, 6) is -4.57. The Morgan fingerprint density at radius 1 is 1.12 bits per heavy atom. The maximum Gasteiger partial charge on any atom is 0.316 e. The number of Topliss-reactive ketones (excluding diaryl/α,β-unsaturated/α-hetero) is 1. The molecular weight excluding hydrogens is 336 g/mol. The Bertz CT molecular complexity index is 689. The Hall–Kier alpha value is -2.21. The van der Waals surface area contributed by atoms with E-state index in [-0.39, 0.29) is 6.42 Å². The minimum Gasteiger partial charge on any atom is -0.469 e. The number of carbonyl (C=O) groups is 3. The van der Waals surface area contributed by atoms with Crippen LogP contribution >= 0.6 is 0 Å². The monoisotopic (exact) mass is 362 g/mol. The lowest BCUT2D eigenvalue weighted by molar-refractivity contribution is -0.170. The second-order valence-electron chi connectivity index (χ2n) is 7.35. The number of rotatable bonds is 4. The highest BCUT2D eigenvalue weighted by Crippen LogP contribution is 2.46. The van der Waals surface area contributed by atoms with Crippen molar-refractivity contribution in [1.29, 1.82) is 0 Å². The second kappa shape index (κ2) is 7.58. The molecule has 1 saturated carbocycles. The van der Waals surface area contributed by atoms with Gasteiger partial charge in [-0.1, -0.05) is 38.1 Å². The zero-order valence-electron chi connectivity index (χ0n) is 15.8.